The number of furan rings is 1. The predicted molar refractivity (Wildman–Crippen MR) is 115 cm³/mol. The molecule has 0 bridgehead atoms. The van der Waals surface area contributed by atoms with Crippen LogP contribution in [0.1, 0.15) is 11.6 Å². The second kappa shape index (κ2) is 9.36. The van der Waals surface area contributed by atoms with Gasteiger partial charge in [0.1, 0.15) is 28.8 Å². The Morgan fingerprint density at radius 3 is 2.33 bits per heavy atom. The number of aryl methyl sites for hydroxylation is 1. The standard InChI is InChI=1S/C21H20FN5O5S/c1-30-15-5-3-6-16(31-2)20(15)27-19(25-26-21(27)17-7-4-9-32-17)13-33(28,29)10-8-18-23-11-14(22)12-24-18/h3-7,9,11-12H,8,10,13H2,1-2H3. The summed E-state index contributed by atoms with van der Waals surface area (Å²) in [6, 6.07) is 8.55. The molecule has 0 aliphatic heterocycles. The van der Waals surface area contributed by atoms with Gasteiger partial charge in [-0.2, -0.15) is 0 Å². The van der Waals surface area contributed by atoms with Gasteiger partial charge in [-0.05, 0) is 24.3 Å². The Hall–Kier alpha value is -3.80. The highest BCUT2D eigenvalue weighted by atomic mass is 32.2. The minimum Gasteiger partial charge on any atom is -0.494 e. The largest absolute Gasteiger partial charge is 0.494 e. The first-order valence-corrected chi connectivity index (χ1v) is 11.6. The summed E-state index contributed by atoms with van der Waals surface area (Å²) in [6.45, 7) is 0. The van der Waals surface area contributed by atoms with E-state index < -0.39 is 21.4 Å². The summed E-state index contributed by atoms with van der Waals surface area (Å²) in [6.07, 6.45) is 3.50. The number of hydrogen-bond donors (Lipinski definition) is 0. The Balaban J connectivity index is 1.73. The first kappa shape index (κ1) is 22.4. The van der Waals surface area contributed by atoms with E-state index in [0.717, 1.165) is 12.4 Å². The van der Waals surface area contributed by atoms with Crippen molar-refractivity contribution in [1.82, 2.24) is 24.7 Å². The highest BCUT2D eigenvalue weighted by Crippen LogP contribution is 2.36. The van der Waals surface area contributed by atoms with E-state index in [9.17, 15) is 12.8 Å². The first-order valence-electron chi connectivity index (χ1n) is 9.78. The zero-order valence-electron chi connectivity index (χ0n) is 17.8. The highest BCUT2D eigenvalue weighted by Gasteiger charge is 2.26. The summed E-state index contributed by atoms with van der Waals surface area (Å²) in [5, 5.41) is 8.31. The lowest BCUT2D eigenvalue weighted by atomic mass is 10.2. The fourth-order valence-corrected chi connectivity index (χ4v) is 4.46. The van der Waals surface area contributed by atoms with Gasteiger partial charge < -0.3 is 13.9 Å². The maximum atomic E-state index is 13.0. The summed E-state index contributed by atoms with van der Waals surface area (Å²) in [4.78, 5) is 7.62. The van der Waals surface area contributed by atoms with Gasteiger partial charge >= 0.3 is 0 Å². The molecule has 1 aromatic carbocycles. The number of para-hydroxylation sites is 1. The van der Waals surface area contributed by atoms with Crippen molar-refractivity contribution >= 4 is 9.84 Å². The van der Waals surface area contributed by atoms with Crippen molar-refractivity contribution in [3.05, 3.63) is 66.5 Å². The molecule has 0 aliphatic carbocycles. The summed E-state index contributed by atoms with van der Waals surface area (Å²) in [5.74, 6) is 0.627. The Morgan fingerprint density at radius 1 is 1.03 bits per heavy atom. The quantitative estimate of drug-likeness (QED) is 0.361. The van der Waals surface area contributed by atoms with E-state index in [1.807, 2.05) is 0 Å². The lowest BCUT2D eigenvalue weighted by Crippen LogP contribution is -2.16. The second-order valence-corrected chi connectivity index (χ2v) is 9.11. The van der Waals surface area contributed by atoms with Gasteiger partial charge in [-0.25, -0.2) is 22.8 Å². The van der Waals surface area contributed by atoms with E-state index in [-0.39, 0.29) is 29.6 Å². The normalized spacial score (nSPS) is 11.5. The van der Waals surface area contributed by atoms with Gasteiger partial charge in [0.25, 0.3) is 0 Å². The molecule has 3 heterocycles. The lowest BCUT2D eigenvalue weighted by molar-refractivity contribution is 0.390. The zero-order chi connectivity index (χ0) is 23.4. The Labute approximate surface area is 189 Å². The lowest BCUT2D eigenvalue weighted by Gasteiger charge is -2.16. The summed E-state index contributed by atoms with van der Waals surface area (Å²) >= 11 is 0. The molecule has 0 fully saturated rings. The molecule has 3 aromatic heterocycles. The Bertz CT molecular complexity index is 1320. The maximum absolute atomic E-state index is 13.0. The minimum absolute atomic E-state index is 0.0276. The Morgan fingerprint density at radius 2 is 1.73 bits per heavy atom. The number of methoxy groups -OCH3 is 2. The molecule has 0 atom stereocenters. The van der Waals surface area contributed by atoms with Crippen molar-refractivity contribution in [3.8, 4) is 28.8 Å². The molecule has 0 N–H and O–H groups in total. The molecular weight excluding hydrogens is 453 g/mol. The number of aromatic nitrogens is 5. The van der Waals surface area contributed by atoms with Gasteiger partial charge in [-0.3, -0.25) is 4.57 Å². The van der Waals surface area contributed by atoms with E-state index in [0.29, 0.717) is 22.9 Å². The van der Waals surface area contributed by atoms with Crippen molar-refractivity contribution in [2.75, 3.05) is 20.0 Å². The maximum Gasteiger partial charge on any atom is 0.204 e. The number of ether oxygens (including phenoxy) is 2. The molecule has 4 rings (SSSR count). The van der Waals surface area contributed by atoms with Crippen LogP contribution in [0.5, 0.6) is 11.5 Å². The molecule has 0 radical (unpaired) electrons. The summed E-state index contributed by atoms with van der Waals surface area (Å²) in [7, 11) is -0.689. The van der Waals surface area contributed by atoms with E-state index >= 15 is 0 Å². The number of halogens is 1. The molecule has 4 aromatic rings. The van der Waals surface area contributed by atoms with Gasteiger partial charge in [0.15, 0.2) is 27.2 Å². The first-order chi connectivity index (χ1) is 15.9. The number of sulfone groups is 1. The molecule has 0 saturated carbocycles. The van der Waals surface area contributed by atoms with Gasteiger partial charge in [-0.1, -0.05) is 6.07 Å². The summed E-state index contributed by atoms with van der Waals surface area (Å²) < 4.78 is 56.9. The van der Waals surface area contributed by atoms with Crippen LogP contribution in [-0.2, 0) is 22.0 Å². The second-order valence-electron chi connectivity index (χ2n) is 6.92. The van der Waals surface area contributed by atoms with Crippen LogP contribution in [-0.4, -0.2) is 53.1 Å². The molecule has 0 unspecified atom stereocenters. The fraction of sp³-hybridized carbons (Fsp3) is 0.238. The van der Waals surface area contributed by atoms with Crippen molar-refractivity contribution < 1.29 is 26.7 Å². The van der Waals surface area contributed by atoms with Crippen LogP contribution in [0, 0.1) is 5.82 Å². The molecular formula is C21H20FN5O5S. The van der Waals surface area contributed by atoms with Crippen LogP contribution < -0.4 is 9.47 Å². The van der Waals surface area contributed by atoms with Crippen molar-refractivity contribution in [1.29, 1.82) is 0 Å². The van der Waals surface area contributed by atoms with Gasteiger partial charge in [0, 0.05) is 6.42 Å². The third kappa shape index (κ3) is 4.85. The molecule has 0 saturated heterocycles. The van der Waals surface area contributed by atoms with Crippen LogP contribution in [0.4, 0.5) is 4.39 Å². The molecule has 12 heteroatoms. The zero-order valence-corrected chi connectivity index (χ0v) is 18.6. The van der Waals surface area contributed by atoms with Crippen molar-refractivity contribution in [2.24, 2.45) is 0 Å². The average molecular weight is 473 g/mol. The number of hydrogen-bond acceptors (Lipinski definition) is 9. The van der Waals surface area contributed by atoms with Crippen molar-refractivity contribution in [2.45, 2.75) is 12.2 Å². The van der Waals surface area contributed by atoms with Crippen LogP contribution in [0.3, 0.4) is 0 Å². The van der Waals surface area contributed by atoms with Crippen LogP contribution in [0.2, 0.25) is 0 Å². The van der Waals surface area contributed by atoms with Crippen LogP contribution in [0.25, 0.3) is 17.3 Å². The Kier molecular flexibility index (Phi) is 6.36. The third-order valence-corrected chi connectivity index (χ3v) is 6.28. The molecule has 0 spiro atoms. The fourth-order valence-electron chi connectivity index (χ4n) is 3.25. The average Bonchev–Trinajstić information content (AvgIpc) is 3.48. The predicted octanol–water partition coefficient (Wildman–Crippen LogP) is 2.63. The monoisotopic (exact) mass is 473 g/mol. The SMILES string of the molecule is COc1cccc(OC)c1-n1c(CS(=O)(=O)CCc2ncc(F)cn2)nnc1-c1ccco1. The molecule has 0 amide bonds. The third-order valence-electron chi connectivity index (χ3n) is 4.76. The van der Waals surface area contributed by atoms with E-state index in [1.54, 1.807) is 34.9 Å². The van der Waals surface area contributed by atoms with Gasteiger partial charge in [0.2, 0.25) is 5.82 Å². The van der Waals surface area contributed by atoms with E-state index in [4.69, 9.17) is 13.9 Å². The smallest absolute Gasteiger partial charge is 0.204 e. The van der Waals surface area contributed by atoms with Crippen LogP contribution in [0.15, 0.2) is 53.4 Å². The molecule has 172 valence electrons. The summed E-state index contributed by atoms with van der Waals surface area (Å²) in [5.41, 5.74) is 0.436. The number of nitrogens with zero attached hydrogens (tertiary/aromatic N) is 5. The number of benzene rings is 1. The molecule has 10 nitrogen and oxygen atoms in total. The minimum atomic E-state index is -3.68. The highest BCUT2D eigenvalue weighted by molar-refractivity contribution is 7.90. The van der Waals surface area contributed by atoms with Crippen molar-refractivity contribution in [3.63, 3.8) is 0 Å². The van der Waals surface area contributed by atoms with Gasteiger partial charge in [0.05, 0.1) is 38.6 Å². The molecule has 33 heavy (non-hydrogen) atoms. The van der Waals surface area contributed by atoms with Gasteiger partial charge in [-0.15, -0.1) is 10.2 Å². The van der Waals surface area contributed by atoms with E-state index in [1.165, 1.54) is 20.5 Å². The number of rotatable bonds is 9. The van der Waals surface area contributed by atoms with Crippen LogP contribution >= 0.6 is 0 Å². The van der Waals surface area contributed by atoms with E-state index in [2.05, 4.69) is 20.2 Å². The molecule has 0 aliphatic rings. The topological polar surface area (TPSA) is 122 Å².